The summed E-state index contributed by atoms with van der Waals surface area (Å²) in [5.74, 6) is 1.54. The van der Waals surface area contributed by atoms with E-state index in [9.17, 15) is 4.79 Å². The molecule has 0 spiro atoms. The zero-order chi connectivity index (χ0) is 18.1. The van der Waals surface area contributed by atoms with Gasteiger partial charge in [-0.15, -0.1) is 0 Å². The molecule has 0 fully saturated rings. The van der Waals surface area contributed by atoms with Gasteiger partial charge >= 0.3 is 0 Å². The maximum atomic E-state index is 11.9. The lowest BCUT2D eigenvalue weighted by atomic mass is 9.90. The highest BCUT2D eigenvalue weighted by atomic mass is 16.5. The Morgan fingerprint density at radius 1 is 1.36 bits per heavy atom. The van der Waals surface area contributed by atoms with Crippen LogP contribution in [-0.4, -0.2) is 45.2 Å². The number of aliphatic imine (C=N–C) groups is 1. The number of hydrogen-bond acceptors (Lipinski definition) is 3. The Labute approximate surface area is 150 Å². The van der Waals surface area contributed by atoms with Gasteiger partial charge in [-0.25, -0.2) is 0 Å². The molecule has 138 valence electrons. The summed E-state index contributed by atoms with van der Waals surface area (Å²) in [5, 5.41) is 9.55. The van der Waals surface area contributed by atoms with Crippen molar-refractivity contribution >= 4 is 17.6 Å². The van der Waals surface area contributed by atoms with Crippen LogP contribution < -0.4 is 16.0 Å². The fourth-order valence-corrected chi connectivity index (χ4v) is 2.82. The molecule has 0 aromatic heterocycles. The molecule has 25 heavy (non-hydrogen) atoms. The number of rotatable bonds is 8. The smallest absolute Gasteiger partial charge is 0.225 e. The van der Waals surface area contributed by atoms with Crippen LogP contribution in [0.2, 0.25) is 0 Å². The molecular formula is C19H30N4O2. The van der Waals surface area contributed by atoms with Gasteiger partial charge in [-0.1, -0.05) is 32.0 Å². The fraction of sp³-hybridized carbons (Fsp3) is 0.579. The van der Waals surface area contributed by atoms with Gasteiger partial charge < -0.3 is 20.7 Å². The van der Waals surface area contributed by atoms with Crippen LogP contribution in [0.25, 0.3) is 0 Å². The molecule has 6 heteroatoms. The largest absolute Gasteiger partial charge is 0.381 e. The zero-order valence-corrected chi connectivity index (χ0v) is 15.5. The van der Waals surface area contributed by atoms with Crippen LogP contribution >= 0.6 is 0 Å². The summed E-state index contributed by atoms with van der Waals surface area (Å²) >= 11 is 0. The van der Waals surface area contributed by atoms with Gasteiger partial charge in [0.15, 0.2) is 5.96 Å². The first kappa shape index (κ1) is 19.2. The summed E-state index contributed by atoms with van der Waals surface area (Å²) in [5.41, 5.74) is 2.09. The third-order valence-electron chi connectivity index (χ3n) is 4.06. The molecule has 1 unspecified atom stereocenters. The first-order valence-electron chi connectivity index (χ1n) is 9.01. The minimum Gasteiger partial charge on any atom is -0.381 e. The molecule has 6 nitrogen and oxygen atoms in total. The summed E-state index contributed by atoms with van der Waals surface area (Å²) in [6.07, 6.45) is 1.42. The van der Waals surface area contributed by atoms with Gasteiger partial charge in [0.05, 0.1) is 0 Å². The summed E-state index contributed by atoms with van der Waals surface area (Å²) < 4.78 is 5.57. The average molecular weight is 346 g/mol. The Bertz CT molecular complexity index is 587. The number of guanidine groups is 1. The van der Waals surface area contributed by atoms with E-state index >= 15 is 0 Å². The van der Waals surface area contributed by atoms with Crippen molar-refractivity contribution in [1.29, 1.82) is 0 Å². The van der Waals surface area contributed by atoms with Crippen molar-refractivity contribution in [2.45, 2.75) is 32.6 Å². The van der Waals surface area contributed by atoms with Crippen molar-refractivity contribution in [3.05, 3.63) is 29.8 Å². The van der Waals surface area contributed by atoms with E-state index in [-0.39, 0.29) is 11.8 Å². The maximum Gasteiger partial charge on any atom is 0.225 e. The molecule has 0 saturated heterocycles. The van der Waals surface area contributed by atoms with Gasteiger partial charge in [0, 0.05) is 51.4 Å². The predicted molar refractivity (Wildman–Crippen MR) is 102 cm³/mol. The van der Waals surface area contributed by atoms with Gasteiger partial charge in [-0.05, 0) is 24.0 Å². The van der Waals surface area contributed by atoms with Crippen molar-refractivity contribution in [1.82, 2.24) is 10.6 Å². The van der Waals surface area contributed by atoms with E-state index in [4.69, 9.17) is 4.74 Å². The topological polar surface area (TPSA) is 74.8 Å². The van der Waals surface area contributed by atoms with Crippen molar-refractivity contribution in [3.8, 4) is 0 Å². The number of para-hydroxylation sites is 1. The molecule has 1 aromatic carbocycles. The predicted octanol–water partition coefficient (Wildman–Crippen LogP) is 2.34. The molecule has 0 bridgehead atoms. The number of carbonyl (C=O) groups is 1. The molecule has 0 saturated carbocycles. The first-order chi connectivity index (χ1) is 12.1. The highest BCUT2D eigenvalue weighted by Crippen LogP contribution is 2.31. The summed E-state index contributed by atoms with van der Waals surface area (Å²) in [6.45, 7) is 7.32. The van der Waals surface area contributed by atoms with Crippen LogP contribution in [0.4, 0.5) is 5.69 Å². The molecule has 1 aliphatic rings. The van der Waals surface area contributed by atoms with Gasteiger partial charge in [0.1, 0.15) is 0 Å². The first-order valence-corrected chi connectivity index (χ1v) is 9.01. The summed E-state index contributed by atoms with van der Waals surface area (Å²) in [4.78, 5) is 16.1. The van der Waals surface area contributed by atoms with E-state index < -0.39 is 0 Å². The van der Waals surface area contributed by atoms with Crippen LogP contribution in [-0.2, 0) is 9.53 Å². The fourth-order valence-electron chi connectivity index (χ4n) is 2.82. The Kier molecular flexibility index (Phi) is 7.73. The van der Waals surface area contributed by atoms with Crippen molar-refractivity contribution < 1.29 is 9.53 Å². The van der Waals surface area contributed by atoms with E-state index in [2.05, 4.69) is 40.9 Å². The third-order valence-corrected chi connectivity index (χ3v) is 4.06. The van der Waals surface area contributed by atoms with Gasteiger partial charge in [0.25, 0.3) is 0 Å². The monoisotopic (exact) mass is 346 g/mol. The van der Waals surface area contributed by atoms with Crippen LogP contribution in [0, 0.1) is 5.92 Å². The van der Waals surface area contributed by atoms with Crippen molar-refractivity contribution in [2.75, 3.05) is 38.7 Å². The van der Waals surface area contributed by atoms with Gasteiger partial charge in [0.2, 0.25) is 5.91 Å². The number of ether oxygens (including phenoxy) is 1. The lowest BCUT2D eigenvalue weighted by molar-refractivity contribution is -0.116. The maximum absolute atomic E-state index is 11.9. The Morgan fingerprint density at radius 2 is 2.16 bits per heavy atom. The second-order valence-corrected chi connectivity index (χ2v) is 6.74. The quantitative estimate of drug-likeness (QED) is 0.384. The molecule has 1 aromatic rings. The van der Waals surface area contributed by atoms with Crippen molar-refractivity contribution in [3.63, 3.8) is 0 Å². The minimum atomic E-state index is 0.0655. The van der Waals surface area contributed by atoms with Crippen molar-refractivity contribution in [2.24, 2.45) is 10.9 Å². The van der Waals surface area contributed by atoms with E-state index in [1.165, 1.54) is 5.56 Å². The zero-order valence-electron chi connectivity index (χ0n) is 15.5. The van der Waals surface area contributed by atoms with Crippen LogP contribution in [0.15, 0.2) is 29.3 Å². The number of hydrogen-bond donors (Lipinski definition) is 3. The highest BCUT2D eigenvalue weighted by molar-refractivity contribution is 5.94. The average Bonchev–Trinajstić information content (AvgIpc) is 2.59. The van der Waals surface area contributed by atoms with Gasteiger partial charge in [-0.3, -0.25) is 9.79 Å². The SMILES string of the molecule is CN=C(NCCCOCC(C)C)NCC1CC(=O)Nc2ccccc21. The number of nitrogens with one attached hydrogen (secondary N) is 3. The Morgan fingerprint density at radius 3 is 2.92 bits per heavy atom. The third kappa shape index (κ3) is 6.38. The molecular weight excluding hydrogens is 316 g/mol. The van der Waals surface area contributed by atoms with E-state index in [0.717, 1.165) is 37.8 Å². The van der Waals surface area contributed by atoms with E-state index in [1.807, 2.05) is 18.2 Å². The molecule has 3 N–H and O–H groups in total. The number of amides is 1. The molecule has 0 radical (unpaired) electrons. The number of nitrogens with zero attached hydrogens (tertiary/aromatic N) is 1. The van der Waals surface area contributed by atoms with E-state index in [0.29, 0.717) is 18.9 Å². The molecule has 1 amide bonds. The second kappa shape index (κ2) is 10.0. The standard InChI is InChI=1S/C19H30N4O2/c1-14(2)13-25-10-6-9-21-19(20-3)22-12-15-11-18(24)23-17-8-5-4-7-16(15)17/h4-5,7-8,14-15H,6,9-13H2,1-3H3,(H,23,24)(H2,20,21,22). The molecule has 0 aliphatic carbocycles. The summed E-state index contributed by atoms with van der Waals surface area (Å²) in [7, 11) is 1.76. The Hall–Kier alpha value is -2.08. The van der Waals surface area contributed by atoms with Crippen LogP contribution in [0.3, 0.4) is 0 Å². The number of benzene rings is 1. The molecule has 1 aliphatic heterocycles. The number of carbonyl (C=O) groups excluding carboxylic acids is 1. The highest BCUT2D eigenvalue weighted by Gasteiger charge is 2.24. The van der Waals surface area contributed by atoms with Crippen LogP contribution in [0.5, 0.6) is 0 Å². The lowest BCUT2D eigenvalue weighted by Gasteiger charge is -2.26. The second-order valence-electron chi connectivity index (χ2n) is 6.74. The van der Waals surface area contributed by atoms with E-state index in [1.54, 1.807) is 7.05 Å². The number of anilines is 1. The van der Waals surface area contributed by atoms with Gasteiger partial charge in [-0.2, -0.15) is 0 Å². The normalized spacial score (nSPS) is 17.2. The molecule has 1 heterocycles. The Balaban J connectivity index is 1.75. The molecule has 2 rings (SSSR count). The number of fused-ring (bicyclic) bond motifs is 1. The van der Waals surface area contributed by atoms with Crippen LogP contribution in [0.1, 0.15) is 38.2 Å². The lowest BCUT2D eigenvalue weighted by Crippen LogP contribution is -2.41. The molecule has 1 atom stereocenters. The summed E-state index contributed by atoms with van der Waals surface area (Å²) in [6, 6.07) is 7.97. The minimum absolute atomic E-state index is 0.0655.